The zero-order valence-corrected chi connectivity index (χ0v) is 12.5. The van der Waals surface area contributed by atoms with Crippen molar-refractivity contribution in [3.63, 3.8) is 0 Å². The van der Waals surface area contributed by atoms with E-state index in [1.54, 1.807) is 24.3 Å². The molecule has 0 aromatic heterocycles. The lowest BCUT2D eigenvalue weighted by Crippen LogP contribution is -2.36. The van der Waals surface area contributed by atoms with Crippen LogP contribution in [-0.4, -0.2) is 30.8 Å². The highest BCUT2D eigenvalue weighted by atomic mass is 16.2. The fourth-order valence-electron chi connectivity index (χ4n) is 1.58. The number of anilines is 1. The van der Waals surface area contributed by atoms with Gasteiger partial charge in [0.05, 0.1) is 0 Å². The average molecular weight is 291 g/mol. The van der Waals surface area contributed by atoms with Gasteiger partial charge in [0.1, 0.15) is 0 Å². The lowest BCUT2D eigenvalue weighted by molar-refractivity contribution is -0.124. The van der Waals surface area contributed by atoms with Crippen molar-refractivity contribution in [2.75, 3.05) is 18.4 Å². The summed E-state index contributed by atoms with van der Waals surface area (Å²) < 4.78 is 0. The van der Waals surface area contributed by atoms with Crippen LogP contribution in [-0.2, 0) is 9.59 Å². The predicted octanol–water partition coefficient (Wildman–Crippen LogP) is 1.15. The molecular formula is C15H21N3O3. The molecule has 0 fully saturated rings. The topological polar surface area (TPSA) is 87.3 Å². The van der Waals surface area contributed by atoms with E-state index >= 15 is 0 Å². The van der Waals surface area contributed by atoms with Gasteiger partial charge in [-0.2, -0.15) is 0 Å². The molecule has 1 aromatic carbocycles. The Morgan fingerprint density at radius 2 is 1.57 bits per heavy atom. The van der Waals surface area contributed by atoms with E-state index in [1.807, 2.05) is 13.8 Å². The minimum atomic E-state index is -0.219. The minimum absolute atomic E-state index is 0.0380. The van der Waals surface area contributed by atoms with Gasteiger partial charge in [-0.15, -0.1) is 0 Å². The van der Waals surface area contributed by atoms with E-state index in [0.29, 0.717) is 24.3 Å². The summed E-state index contributed by atoms with van der Waals surface area (Å²) in [4.78, 5) is 34.1. The van der Waals surface area contributed by atoms with Crippen LogP contribution in [0.1, 0.15) is 31.1 Å². The van der Waals surface area contributed by atoms with E-state index in [9.17, 15) is 14.4 Å². The van der Waals surface area contributed by atoms with Gasteiger partial charge in [-0.05, 0) is 24.3 Å². The number of benzene rings is 1. The molecule has 21 heavy (non-hydrogen) atoms. The molecule has 0 unspecified atom stereocenters. The van der Waals surface area contributed by atoms with Crippen LogP contribution in [0.4, 0.5) is 5.69 Å². The molecule has 3 N–H and O–H groups in total. The maximum absolute atomic E-state index is 11.8. The molecule has 0 atom stereocenters. The Balaban J connectivity index is 2.38. The zero-order valence-electron chi connectivity index (χ0n) is 12.5. The molecule has 6 heteroatoms. The third-order valence-corrected chi connectivity index (χ3v) is 2.70. The summed E-state index contributed by atoms with van der Waals surface area (Å²) in [7, 11) is 0. The van der Waals surface area contributed by atoms with Crippen LogP contribution < -0.4 is 16.0 Å². The van der Waals surface area contributed by atoms with Crippen molar-refractivity contribution in [2.24, 2.45) is 5.92 Å². The standard InChI is InChI=1S/C15H21N3O3/c1-10(2)14(20)16-8-9-17-15(21)12-4-6-13(7-5-12)18-11(3)19/h4-7,10H,8-9H2,1-3H3,(H,16,20)(H,17,21)(H,18,19). The highest BCUT2D eigenvalue weighted by Gasteiger charge is 2.07. The second-order valence-electron chi connectivity index (χ2n) is 4.96. The van der Waals surface area contributed by atoms with Crippen LogP contribution in [0, 0.1) is 5.92 Å². The van der Waals surface area contributed by atoms with Crippen molar-refractivity contribution in [2.45, 2.75) is 20.8 Å². The van der Waals surface area contributed by atoms with Crippen molar-refractivity contribution >= 4 is 23.4 Å². The van der Waals surface area contributed by atoms with Crippen molar-refractivity contribution in [1.82, 2.24) is 10.6 Å². The quantitative estimate of drug-likeness (QED) is 0.687. The van der Waals surface area contributed by atoms with E-state index in [2.05, 4.69) is 16.0 Å². The monoisotopic (exact) mass is 291 g/mol. The first kappa shape index (κ1) is 16.7. The van der Waals surface area contributed by atoms with Gasteiger partial charge >= 0.3 is 0 Å². The number of hydrogen-bond acceptors (Lipinski definition) is 3. The van der Waals surface area contributed by atoms with Gasteiger partial charge in [0.2, 0.25) is 11.8 Å². The van der Waals surface area contributed by atoms with Crippen LogP contribution in [0.15, 0.2) is 24.3 Å². The molecule has 1 aromatic rings. The number of hydrogen-bond donors (Lipinski definition) is 3. The lowest BCUT2D eigenvalue weighted by Gasteiger charge is -2.09. The van der Waals surface area contributed by atoms with Crippen LogP contribution in [0.2, 0.25) is 0 Å². The van der Waals surface area contributed by atoms with Gasteiger partial charge < -0.3 is 16.0 Å². The molecule has 0 bridgehead atoms. The van der Waals surface area contributed by atoms with Crippen LogP contribution in [0.5, 0.6) is 0 Å². The molecule has 0 aliphatic rings. The van der Waals surface area contributed by atoms with Crippen molar-refractivity contribution in [3.05, 3.63) is 29.8 Å². The smallest absolute Gasteiger partial charge is 0.251 e. The Bertz CT molecular complexity index is 509. The first-order chi connectivity index (χ1) is 9.90. The Morgan fingerprint density at radius 3 is 2.10 bits per heavy atom. The summed E-state index contributed by atoms with van der Waals surface area (Å²) >= 11 is 0. The SMILES string of the molecule is CC(=O)Nc1ccc(C(=O)NCCNC(=O)C(C)C)cc1. The van der Waals surface area contributed by atoms with E-state index in [0.717, 1.165) is 0 Å². The molecule has 0 spiro atoms. The van der Waals surface area contributed by atoms with E-state index in [-0.39, 0.29) is 23.6 Å². The molecule has 114 valence electrons. The maximum atomic E-state index is 11.8. The Morgan fingerprint density at radius 1 is 1.00 bits per heavy atom. The number of rotatable bonds is 6. The minimum Gasteiger partial charge on any atom is -0.354 e. The zero-order chi connectivity index (χ0) is 15.8. The summed E-state index contributed by atoms with van der Waals surface area (Å²) in [6.07, 6.45) is 0. The van der Waals surface area contributed by atoms with Gasteiger partial charge in [0.15, 0.2) is 0 Å². The highest BCUT2D eigenvalue weighted by molar-refractivity contribution is 5.95. The molecule has 1 rings (SSSR count). The molecule has 0 saturated carbocycles. The Kier molecular flexibility index (Phi) is 6.39. The molecule has 6 nitrogen and oxygen atoms in total. The number of nitrogens with one attached hydrogen (secondary N) is 3. The van der Waals surface area contributed by atoms with Gasteiger partial charge in [0.25, 0.3) is 5.91 Å². The van der Waals surface area contributed by atoms with E-state index in [1.165, 1.54) is 6.92 Å². The second kappa shape index (κ2) is 8.04. The summed E-state index contributed by atoms with van der Waals surface area (Å²) in [5, 5.41) is 8.06. The first-order valence-electron chi connectivity index (χ1n) is 6.83. The maximum Gasteiger partial charge on any atom is 0.251 e. The number of amides is 3. The Labute approximate surface area is 124 Å². The number of carbonyl (C=O) groups is 3. The van der Waals surface area contributed by atoms with Gasteiger partial charge in [0, 0.05) is 37.2 Å². The van der Waals surface area contributed by atoms with Crippen LogP contribution in [0.25, 0.3) is 0 Å². The van der Waals surface area contributed by atoms with Crippen LogP contribution in [0.3, 0.4) is 0 Å². The summed E-state index contributed by atoms with van der Waals surface area (Å²) in [6.45, 7) is 5.80. The van der Waals surface area contributed by atoms with Gasteiger partial charge in [-0.25, -0.2) is 0 Å². The van der Waals surface area contributed by atoms with Crippen molar-refractivity contribution < 1.29 is 14.4 Å². The highest BCUT2D eigenvalue weighted by Crippen LogP contribution is 2.09. The third kappa shape index (κ3) is 6.07. The lowest BCUT2D eigenvalue weighted by atomic mass is 10.2. The third-order valence-electron chi connectivity index (χ3n) is 2.70. The van der Waals surface area contributed by atoms with E-state index in [4.69, 9.17) is 0 Å². The fraction of sp³-hybridized carbons (Fsp3) is 0.400. The Hall–Kier alpha value is -2.37. The average Bonchev–Trinajstić information content (AvgIpc) is 2.43. The molecule has 0 saturated heterocycles. The molecule has 0 radical (unpaired) electrons. The van der Waals surface area contributed by atoms with Crippen LogP contribution >= 0.6 is 0 Å². The predicted molar refractivity (Wildman–Crippen MR) is 80.9 cm³/mol. The first-order valence-corrected chi connectivity index (χ1v) is 6.83. The van der Waals surface area contributed by atoms with Crippen molar-refractivity contribution in [3.8, 4) is 0 Å². The normalized spacial score (nSPS) is 10.1. The summed E-state index contributed by atoms with van der Waals surface area (Å²) in [5.41, 5.74) is 1.14. The van der Waals surface area contributed by atoms with Crippen molar-refractivity contribution in [1.29, 1.82) is 0 Å². The molecular weight excluding hydrogens is 270 g/mol. The fourth-order valence-corrected chi connectivity index (χ4v) is 1.58. The largest absolute Gasteiger partial charge is 0.354 e. The number of carbonyl (C=O) groups excluding carboxylic acids is 3. The molecule has 0 aliphatic heterocycles. The molecule has 0 aliphatic carbocycles. The summed E-state index contributed by atoms with van der Waals surface area (Å²) in [6, 6.07) is 6.59. The van der Waals surface area contributed by atoms with E-state index < -0.39 is 0 Å². The molecule has 3 amide bonds. The molecule has 0 heterocycles. The summed E-state index contributed by atoms with van der Waals surface area (Å²) in [5.74, 6) is -0.484. The second-order valence-corrected chi connectivity index (χ2v) is 4.96. The van der Waals surface area contributed by atoms with Gasteiger partial charge in [-0.3, -0.25) is 14.4 Å². The van der Waals surface area contributed by atoms with Gasteiger partial charge in [-0.1, -0.05) is 13.8 Å².